The van der Waals surface area contributed by atoms with Gasteiger partial charge in [-0.25, -0.2) is 4.99 Å². The zero-order valence-electron chi connectivity index (χ0n) is 8.99. The van der Waals surface area contributed by atoms with Crippen LogP contribution in [0.5, 0.6) is 0 Å². The Morgan fingerprint density at radius 3 is 3.06 bits per heavy atom. The molecule has 84 valence electrons. The second-order valence-corrected chi connectivity index (χ2v) is 5.63. The average molecular weight is 234 g/mol. The molecule has 0 amide bonds. The zero-order chi connectivity index (χ0) is 11.3. The summed E-state index contributed by atoms with van der Waals surface area (Å²) in [6.45, 7) is 3.87. The highest BCUT2D eigenvalue weighted by Gasteiger charge is 2.28. The molecule has 2 aliphatic rings. The fourth-order valence-electron chi connectivity index (χ4n) is 2.50. The molecule has 3 N–H and O–H groups in total. The molecular formula is C12H14N2OS. The third-order valence-electron chi connectivity index (χ3n) is 3.21. The lowest BCUT2D eigenvalue weighted by atomic mass is 9.91. The molecule has 0 unspecified atom stereocenters. The number of aliphatic hydroxyl groups is 1. The number of hydrogen-bond donors (Lipinski definition) is 2. The topological polar surface area (TPSA) is 58.6 Å². The lowest BCUT2D eigenvalue weighted by Gasteiger charge is -2.18. The molecule has 3 rings (SSSR count). The predicted molar refractivity (Wildman–Crippen MR) is 65.9 cm³/mol. The van der Waals surface area contributed by atoms with Crippen LogP contribution in [0.25, 0.3) is 0 Å². The summed E-state index contributed by atoms with van der Waals surface area (Å²) in [5.41, 5.74) is 9.27. The Kier molecular flexibility index (Phi) is 2.16. The molecule has 1 aromatic rings. The molecule has 0 spiro atoms. The smallest absolute Gasteiger partial charge is 0.132 e. The van der Waals surface area contributed by atoms with E-state index in [-0.39, 0.29) is 6.10 Å². The molecule has 0 aromatic carbocycles. The largest absolute Gasteiger partial charge is 0.393 e. The molecule has 0 saturated carbocycles. The van der Waals surface area contributed by atoms with E-state index in [1.54, 1.807) is 11.3 Å². The summed E-state index contributed by atoms with van der Waals surface area (Å²) in [5, 5.41) is 9.66. The number of nitrogens with zero attached hydrogens (tertiary/aromatic N) is 1. The summed E-state index contributed by atoms with van der Waals surface area (Å²) in [6.07, 6.45) is 3.15. The van der Waals surface area contributed by atoms with Crippen molar-refractivity contribution in [3.63, 3.8) is 0 Å². The lowest BCUT2D eigenvalue weighted by molar-refractivity contribution is 0.160. The van der Waals surface area contributed by atoms with Crippen LogP contribution in [0.2, 0.25) is 0 Å². The maximum atomic E-state index is 9.66. The van der Waals surface area contributed by atoms with Crippen molar-refractivity contribution in [3.8, 4) is 0 Å². The van der Waals surface area contributed by atoms with Crippen molar-refractivity contribution in [2.75, 3.05) is 0 Å². The van der Waals surface area contributed by atoms with E-state index in [1.807, 2.05) is 0 Å². The number of allylic oxidation sites excluding steroid dienone is 1. The highest BCUT2D eigenvalue weighted by atomic mass is 32.1. The van der Waals surface area contributed by atoms with Crippen LogP contribution in [-0.2, 0) is 19.3 Å². The van der Waals surface area contributed by atoms with Crippen LogP contribution in [0.1, 0.15) is 27.3 Å². The van der Waals surface area contributed by atoms with Crippen molar-refractivity contribution in [3.05, 3.63) is 33.2 Å². The fraction of sp³-hybridized carbons (Fsp3) is 0.417. The first kappa shape index (κ1) is 10.1. The fourth-order valence-corrected chi connectivity index (χ4v) is 3.97. The molecular weight excluding hydrogens is 220 g/mol. The maximum Gasteiger partial charge on any atom is 0.132 e. The third kappa shape index (κ3) is 1.41. The van der Waals surface area contributed by atoms with E-state index in [9.17, 15) is 5.11 Å². The van der Waals surface area contributed by atoms with Crippen LogP contribution in [0.4, 0.5) is 0 Å². The number of rotatable bonds is 0. The highest BCUT2D eigenvalue weighted by molar-refractivity contribution is 7.12. The predicted octanol–water partition coefficient (Wildman–Crippen LogP) is 1.37. The summed E-state index contributed by atoms with van der Waals surface area (Å²) < 4.78 is 0. The van der Waals surface area contributed by atoms with E-state index >= 15 is 0 Å². The van der Waals surface area contributed by atoms with Gasteiger partial charge in [0.1, 0.15) is 5.84 Å². The standard InChI is InChI=1S/C12H14N2OS/c1-6-4-10-11(12(13)14-6)8-3-2-7(15)5-9(8)16-10/h7,15H,1-5H2,(H2,13,14)/t7-/m0/s1. The molecule has 1 aromatic heterocycles. The maximum absolute atomic E-state index is 9.66. The zero-order valence-corrected chi connectivity index (χ0v) is 9.81. The van der Waals surface area contributed by atoms with Crippen LogP contribution >= 0.6 is 11.3 Å². The SMILES string of the molecule is C=C1Cc2sc3c(c2C(N)=N1)CC[C@H](O)C3. The first-order valence-electron chi connectivity index (χ1n) is 5.49. The summed E-state index contributed by atoms with van der Waals surface area (Å²) in [4.78, 5) is 6.83. The quantitative estimate of drug-likeness (QED) is 0.712. The van der Waals surface area contributed by atoms with Gasteiger partial charge in [-0.05, 0) is 18.4 Å². The Morgan fingerprint density at radius 2 is 2.25 bits per heavy atom. The summed E-state index contributed by atoms with van der Waals surface area (Å²) in [6, 6.07) is 0. The van der Waals surface area contributed by atoms with E-state index in [4.69, 9.17) is 5.73 Å². The van der Waals surface area contributed by atoms with Crippen LogP contribution in [0.3, 0.4) is 0 Å². The van der Waals surface area contributed by atoms with Gasteiger partial charge >= 0.3 is 0 Å². The van der Waals surface area contributed by atoms with Crippen molar-refractivity contribution in [1.82, 2.24) is 0 Å². The lowest BCUT2D eigenvalue weighted by Crippen LogP contribution is -2.23. The highest BCUT2D eigenvalue weighted by Crippen LogP contribution is 2.37. The van der Waals surface area contributed by atoms with Crippen molar-refractivity contribution >= 4 is 17.2 Å². The molecule has 1 atom stereocenters. The number of fused-ring (bicyclic) bond motifs is 3. The molecule has 4 heteroatoms. The number of aliphatic hydroxyl groups excluding tert-OH is 1. The van der Waals surface area contributed by atoms with Gasteiger partial charge in [0.2, 0.25) is 0 Å². The minimum absolute atomic E-state index is 0.186. The minimum Gasteiger partial charge on any atom is -0.393 e. The molecule has 1 aliphatic heterocycles. The normalized spacial score (nSPS) is 23.7. The van der Waals surface area contributed by atoms with Crippen LogP contribution in [-0.4, -0.2) is 17.0 Å². The average Bonchev–Trinajstić information content (AvgIpc) is 2.54. The molecule has 16 heavy (non-hydrogen) atoms. The van der Waals surface area contributed by atoms with Gasteiger partial charge < -0.3 is 10.8 Å². The van der Waals surface area contributed by atoms with Crippen molar-refractivity contribution in [1.29, 1.82) is 0 Å². The second-order valence-electron chi connectivity index (χ2n) is 4.44. The number of hydrogen-bond acceptors (Lipinski definition) is 4. The van der Waals surface area contributed by atoms with Gasteiger partial charge in [-0.2, -0.15) is 0 Å². The molecule has 0 radical (unpaired) electrons. The number of nitrogens with two attached hydrogens (primary N) is 1. The number of thiophene rings is 1. The summed E-state index contributed by atoms with van der Waals surface area (Å²) >= 11 is 1.77. The van der Waals surface area contributed by atoms with Crippen LogP contribution in [0, 0.1) is 0 Å². The van der Waals surface area contributed by atoms with E-state index < -0.39 is 0 Å². The van der Waals surface area contributed by atoms with Gasteiger partial charge in [0.15, 0.2) is 0 Å². The van der Waals surface area contributed by atoms with Gasteiger partial charge in [-0.1, -0.05) is 6.58 Å². The van der Waals surface area contributed by atoms with Gasteiger partial charge in [-0.15, -0.1) is 11.3 Å². The summed E-state index contributed by atoms with van der Waals surface area (Å²) in [5.74, 6) is 0.611. The Morgan fingerprint density at radius 1 is 1.44 bits per heavy atom. The Bertz CT molecular complexity index is 501. The number of amidine groups is 1. The summed E-state index contributed by atoms with van der Waals surface area (Å²) in [7, 11) is 0. The van der Waals surface area contributed by atoms with Crippen molar-refractivity contribution in [2.24, 2.45) is 10.7 Å². The molecule has 0 bridgehead atoms. The van der Waals surface area contributed by atoms with E-state index in [0.29, 0.717) is 5.84 Å². The Hall–Kier alpha value is -1.13. The molecule has 0 fully saturated rings. The first-order chi connectivity index (χ1) is 7.65. The van der Waals surface area contributed by atoms with E-state index in [0.717, 1.165) is 36.9 Å². The molecule has 1 aliphatic carbocycles. The van der Waals surface area contributed by atoms with E-state index in [1.165, 1.54) is 15.3 Å². The van der Waals surface area contributed by atoms with Gasteiger partial charge in [-0.3, -0.25) is 0 Å². The van der Waals surface area contributed by atoms with E-state index in [2.05, 4.69) is 11.6 Å². The van der Waals surface area contributed by atoms with Crippen LogP contribution in [0.15, 0.2) is 17.3 Å². The van der Waals surface area contributed by atoms with Crippen LogP contribution < -0.4 is 5.73 Å². The first-order valence-corrected chi connectivity index (χ1v) is 6.30. The van der Waals surface area contributed by atoms with Gasteiger partial charge in [0, 0.05) is 33.9 Å². The second kappa shape index (κ2) is 3.43. The molecule has 0 saturated heterocycles. The minimum atomic E-state index is -0.186. The molecule has 3 nitrogen and oxygen atoms in total. The Balaban J connectivity index is 2.14. The van der Waals surface area contributed by atoms with Crippen molar-refractivity contribution in [2.45, 2.75) is 31.8 Å². The van der Waals surface area contributed by atoms with Crippen molar-refractivity contribution < 1.29 is 5.11 Å². The molecule has 2 heterocycles. The van der Waals surface area contributed by atoms with Gasteiger partial charge in [0.05, 0.1) is 6.10 Å². The number of aliphatic imine (C=N–C) groups is 1. The monoisotopic (exact) mass is 234 g/mol. The Labute approximate surface area is 98.3 Å². The third-order valence-corrected chi connectivity index (χ3v) is 4.47. The van der Waals surface area contributed by atoms with Gasteiger partial charge in [0.25, 0.3) is 0 Å².